The summed E-state index contributed by atoms with van der Waals surface area (Å²) < 4.78 is 138. The van der Waals surface area contributed by atoms with Crippen LogP contribution in [0.15, 0.2) is 60.9 Å². The maximum Gasteiger partial charge on any atom is 0.573 e. The van der Waals surface area contributed by atoms with Crippen LogP contribution < -0.4 is 10.1 Å². The number of carbonyl (C=O) groups is 1. The van der Waals surface area contributed by atoms with Crippen molar-refractivity contribution in [1.82, 2.24) is 9.97 Å². The first-order chi connectivity index (χ1) is 18.5. The summed E-state index contributed by atoms with van der Waals surface area (Å²) in [7, 11) is 0. The number of carbonyl (C=O) groups excluding carboxylic acids is 1. The van der Waals surface area contributed by atoms with Crippen LogP contribution in [0.1, 0.15) is 33.0 Å². The number of hydrogen-bond donors (Lipinski definition) is 1. The van der Waals surface area contributed by atoms with E-state index in [9.17, 15) is 48.7 Å². The van der Waals surface area contributed by atoms with E-state index in [2.05, 4.69) is 20.0 Å². The van der Waals surface area contributed by atoms with E-state index in [0.717, 1.165) is 0 Å². The molecule has 3 rings (SSSR count). The Bertz CT molecular complexity index is 1390. The smallest absolute Gasteiger partial charge is 0.404 e. The molecule has 0 bridgehead atoms. The molecular formula is C24H14ClF10N3O2. The zero-order valence-corrected chi connectivity index (χ0v) is 20.2. The molecule has 0 aliphatic carbocycles. The van der Waals surface area contributed by atoms with Crippen LogP contribution in [0, 0.1) is 0 Å². The van der Waals surface area contributed by atoms with Gasteiger partial charge in [0.15, 0.2) is 5.78 Å². The van der Waals surface area contributed by atoms with E-state index in [1.54, 1.807) is 0 Å². The largest absolute Gasteiger partial charge is 0.573 e. The third-order valence-corrected chi connectivity index (χ3v) is 5.38. The molecule has 40 heavy (non-hydrogen) atoms. The maximum absolute atomic E-state index is 14.9. The van der Waals surface area contributed by atoms with Crippen molar-refractivity contribution in [1.29, 1.82) is 0 Å². The second-order valence-electron chi connectivity index (χ2n) is 7.88. The Morgan fingerprint density at radius 2 is 1.62 bits per heavy atom. The number of halogens is 11. The molecule has 0 saturated carbocycles. The number of ether oxygens (including phenoxy) is 1. The van der Waals surface area contributed by atoms with E-state index in [0.29, 0.717) is 30.3 Å². The quantitative estimate of drug-likeness (QED) is 0.209. The zero-order chi connectivity index (χ0) is 29.9. The number of alkyl halides is 9. The Morgan fingerprint density at radius 3 is 2.17 bits per heavy atom. The number of allylic oxidation sites excluding steroid dienone is 1. The number of nitrogens with one attached hydrogen (secondary N) is 1. The lowest BCUT2D eigenvalue weighted by atomic mass is 9.95. The number of nitrogens with zero attached hydrogens (tertiary/aromatic N) is 2. The third kappa shape index (κ3) is 8.07. The summed E-state index contributed by atoms with van der Waals surface area (Å²) in [5, 5.41) is 1.53. The van der Waals surface area contributed by atoms with E-state index in [4.69, 9.17) is 11.6 Å². The van der Waals surface area contributed by atoms with Crippen LogP contribution in [0.3, 0.4) is 0 Å². The summed E-state index contributed by atoms with van der Waals surface area (Å²) in [5.41, 5.74) is -4.28. The van der Waals surface area contributed by atoms with Gasteiger partial charge in [-0.2, -0.15) is 26.3 Å². The Labute approximate surface area is 223 Å². The van der Waals surface area contributed by atoms with Gasteiger partial charge < -0.3 is 10.1 Å². The molecular weight excluding hydrogens is 588 g/mol. The van der Waals surface area contributed by atoms with Gasteiger partial charge in [0.05, 0.1) is 17.1 Å². The highest BCUT2D eigenvalue weighted by Gasteiger charge is 2.41. The first kappa shape index (κ1) is 30.7. The van der Waals surface area contributed by atoms with E-state index in [1.807, 2.05) is 0 Å². The first-order valence-electron chi connectivity index (χ1n) is 10.7. The summed E-state index contributed by atoms with van der Waals surface area (Å²) in [4.78, 5) is 19.9. The molecule has 2 aromatic carbocycles. The predicted octanol–water partition coefficient (Wildman–Crippen LogP) is 8.00. The lowest BCUT2D eigenvalue weighted by Gasteiger charge is -2.19. The number of ketones is 1. The van der Waals surface area contributed by atoms with Crippen molar-refractivity contribution in [2.45, 2.75) is 24.6 Å². The molecule has 0 amide bonds. The topological polar surface area (TPSA) is 64.1 Å². The van der Waals surface area contributed by atoms with Crippen LogP contribution in [0.25, 0.3) is 5.83 Å². The SMILES string of the molecule is O=C(CNc1ncccn1)c1ccc(/C(F)=C/C(c2ccc(OC(F)(F)F)c(Cl)c2)C(F)(F)F)cc1C(F)(F)F. The van der Waals surface area contributed by atoms with Gasteiger partial charge in [0.2, 0.25) is 5.95 Å². The second-order valence-corrected chi connectivity index (χ2v) is 8.29. The Hall–Kier alpha value is -3.88. The third-order valence-electron chi connectivity index (χ3n) is 5.08. The van der Waals surface area contributed by atoms with Crippen LogP contribution in [0.4, 0.5) is 49.9 Å². The van der Waals surface area contributed by atoms with Crippen LogP contribution >= 0.6 is 11.6 Å². The van der Waals surface area contributed by atoms with Gasteiger partial charge in [-0.3, -0.25) is 4.79 Å². The fourth-order valence-corrected chi connectivity index (χ4v) is 3.58. The van der Waals surface area contributed by atoms with Gasteiger partial charge in [-0.15, -0.1) is 13.2 Å². The summed E-state index contributed by atoms with van der Waals surface area (Å²) >= 11 is 5.59. The highest BCUT2D eigenvalue weighted by Crippen LogP contribution is 2.42. The van der Waals surface area contributed by atoms with Crippen molar-refractivity contribution in [2.24, 2.45) is 0 Å². The van der Waals surface area contributed by atoms with Gasteiger partial charge >= 0.3 is 18.7 Å². The van der Waals surface area contributed by atoms with Crippen LogP contribution in [0.5, 0.6) is 5.75 Å². The van der Waals surface area contributed by atoms with Crippen molar-refractivity contribution in [3.8, 4) is 5.75 Å². The average Bonchev–Trinajstić information content (AvgIpc) is 2.85. The average molecular weight is 602 g/mol. The van der Waals surface area contributed by atoms with Crippen molar-refractivity contribution < 1.29 is 53.4 Å². The molecule has 5 nitrogen and oxygen atoms in total. The number of anilines is 1. The van der Waals surface area contributed by atoms with E-state index >= 15 is 0 Å². The normalized spacial score (nSPS) is 13.6. The Balaban J connectivity index is 1.95. The van der Waals surface area contributed by atoms with Crippen molar-refractivity contribution in [2.75, 3.05) is 11.9 Å². The van der Waals surface area contributed by atoms with Gasteiger partial charge in [-0.05, 0) is 35.9 Å². The number of Topliss-reactive ketones (excluding diaryl/α,β-unsaturated/α-hetero) is 1. The molecule has 0 fully saturated rings. The first-order valence-corrected chi connectivity index (χ1v) is 11.1. The highest BCUT2D eigenvalue weighted by atomic mass is 35.5. The Kier molecular flexibility index (Phi) is 8.97. The van der Waals surface area contributed by atoms with Crippen molar-refractivity contribution in [3.05, 3.63) is 88.2 Å². The number of benzene rings is 2. The summed E-state index contributed by atoms with van der Waals surface area (Å²) in [6.45, 7) is -0.685. The van der Waals surface area contributed by atoms with Gasteiger partial charge in [-0.1, -0.05) is 29.8 Å². The minimum atomic E-state index is -5.24. The van der Waals surface area contributed by atoms with Gasteiger partial charge in [-0.25, -0.2) is 14.4 Å². The minimum absolute atomic E-state index is 0.0636. The molecule has 0 aliphatic heterocycles. The van der Waals surface area contributed by atoms with E-state index < -0.39 is 75.8 Å². The molecule has 1 aromatic heterocycles. The minimum Gasteiger partial charge on any atom is -0.404 e. The highest BCUT2D eigenvalue weighted by molar-refractivity contribution is 6.32. The molecule has 214 valence electrons. The number of rotatable bonds is 8. The molecule has 0 spiro atoms. The lowest BCUT2D eigenvalue weighted by molar-refractivity contribution is -0.274. The molecule has 0 radical (unpaired) electrons. The summed E-state index contributed by atoms with van der Waals surface area (Å²) in [6, 6.07) is 4.37. The fraction of sp³-hybridized carbons (Fsp3) is 0.208. The summed E-state index contributed by atoms with van der Waals surface area (Å²) in [5.74, 6) is -6.76. The lowest BCUT2D eigenvalue weighted by Crippen LogP contribution is -2.21. The van der Waals surface area contributed by atoms with Gasteiger partial charge in [0.25, 0.3) is 0 Å². The monoisotopic (exact) mass is 601 g/mol. The Morgan fingerprint density at radius 1 is 0.975 bits per heavy atom. The molecule has 0 saturated heterocycles. The maximum atomic E-state index is 14.9. The fourth-order valence-electron chi connectivity index (χ4n) is 3.36. The van der Waals surface area contributed by atoms with Crippen LogP contribution in [-0.4, -0.2) is 34.8 Å². The predicted molar refractivity (Wildman–Crippen MR) is 122 cm³/mol. The molecule has 1 unspecified atom stereocenters. The van der Waals surface area contributed by atoms with Gasteiger partial charge in [0, 0.05) is 23.5 Å². The second kappa shape index (κ2) is 11.7. The van der Waals surface area contributed by atoms with Crippen LogP contribution in [0.2, 0.25) is 5.02 Å². The molecule has 16 heteroatoms. The van der Waals surface area contributed by atoms with Crippen LogP contribution in [-0.2, 0) is 6.18 Å². The molecule has 3 aromatic rings. The van der Waals surface area contributed by atoms with Gasteiger partial charge in [0.1, 0.15) is 17.5 Å². The van der Waals surface area contributed by atoms with E-state index in [-0.39, 0.29) is 18.1 Å². The zero-order valence-electron chi connectivity index (χ0n) is 19.4. The molecule has 0 aliphatic rings. The van der Waals surface area contributed by atoms with Crippen molar-refractivity contribution in [3.63, 3.8) is 0 Å². The molecule has 1 heterocycles. The standard InChI is InChI=1S/C24H14ClF10N3O2/c25-17-9-12(3-5-20(17)40-24(33,34)35)15(22(27,28)29)10-18(26)13-2-4-14(16(8-13)23(30,31)32)19(39)11-38-21-36-6-1-7-37-21/h1-10,15H,11H2,(H,36,37,38)/b18-10-. The number of aromatic nitrogens is 2. The molecule has 1 atom stereocenters. The van der Waals surface area contributed by atoms with E-state index in [1.165, 1.54) is 18.5 Å². The number of hydrogen-bond acceptors (Lipinski definition) is 5. The summed E-state index contributed by atoms with van der Waals surface area (Å²) in [6.07, 6.45) is -13.1. The molecule has 1 N–H and O–H groups in total. The van der Waals surface area contributed by atoms with Crippen molar-refractivity contribution >= 4 is 29.2 Å².